The van der Waals surface area contributed by atoms with Gasteiger partial charge in [0.05, 0.1) is 6.61 Å². The van der Waals surface area contributed by atoms with Crippen LogP contribution in [0.5, 0.6) is 5.75 Å². The third kappa shape index (κ3) is 5.05. The van der Waals surface area contributed by atoms with Gasteiger partial charge in [0.1, 0.15) is 5.75 Å². The third-order valence-corrected chi connectivity index (χ3v) is 4.62. The summed E-state index contributed by atoms with van der Waals surface area (Å²) in [7, 11) is 0. The van der Waals surface area contributed by atoms with Gasteiger partial charge >= 0.3 is 0 Å². The molecule has 27 heavy (non-hydrogen) atoms. The lowest BCUT2D eigenvalue weighted by Crippen LogP contribution is -2.30. The Morgan fingerprint density at radius 1 is 1.11 bits per heavy atom. The molecule has 0 fully saturated rings. The van der Waals surface area contributed by atoms with Gasteiger partial charge in [-0.05, 0) is 61.4 Å². The van der Waals surface area contributed by atoms with Crippen molar-refractivity contribution in [3.63, 3.8) is 0 Å². The van der Waals surface area contributed by atoms with Crippen molar-refractivity contribution in [3.05, 3.63) is 58.6 Å². The van der Waals surface area contributed by atoms with Crippen LogP contribution in [-0.2, 0) is 13.1 Å². The molecule has 0 amide bonds. The van der Waals surface area contributed by atoms with E-state index in [4.69, 9.17) is 16.3 Å². The van der Waals surface area contributed by atoms with Crippen LogP contribution >= 0.6 is 11.6 Å². The van der Waals surface area contributed by atoms with Crippen molar-refractivity contribution in [2.45, 2.75) is 39.9 Å². The van der Waals surface area contributed by atoms with Crippen LogP contribution in [0.1, 0.15) is 31.9 Å². The van der Waals surface area contributed by atoms with Gasteiger partial charge in [0.15, 0.2) is 0 Å². The number of ether oxygens (including phenoxy) is 1. The second kappa shape index (κ2) is 8.97. The second-order valence-corrected chi connectivity index (χ2v) is 7.05. The number of hydrogen-bond acceptors (Lipinski definition) is 5. The minimum atomic E-state index is 0.366. The quantitative estimate of drug-likeness (QED) is 0.625. The van der Waals surface area contributed by atoms with Gasteiger partial charge in [0.25, 0.3) is 0 Å². The monoisotopic (exact) mass is 385 g/mol. The number of rotatable bonds is 8. The van der Waals surface area contributed by atoms with Crippen molar-refractivity contribution in [1.29, 1.82) is 0 Å². The topological polar surface area (TPSA) is 66.9 Å². The molecule has 3 rings (SSSR count). The number of H-pyrrole nitrogens is 1. The molecule has 0 saturated heterocycles. The summed E-state index contributed by atoms with van der Waals surface area (Å²) in [4.78, 5) is 2.39. The molecule has 0 aliphatic rings. The fourth-order valence-corrected chi connectivity index (χ4v) is 3.07. The van der Waals surface area contributed by atoms with Gasteiger partial charge in [-0.3, -0.25) is 4.90 Å². The molecule has 0 unspecified atom stereocenters. The maximum Gasteiger partial charge on any atom is 0.205 e. The highest BCUT2D eigenvalue weighted by atomic mass is 35.5. The Morgan fingerprint density at radius 3 is 2.52 bits per heavy atom. The highest BCUT2D eigenvalue weighted by molar-refractivity contribution is 6.30. The van der Waals surface area contributed by atoms with Gasteiger partial charge in [-0.25, -0.2) is 0 Å². The van der Waals surface area contributed by atoms with Gasteiger partial charge in [0.2, 0.25) is 5.82 Å². The zero-order valence-corrected chi connectivity index (χ0v) is 16.6. The minimum absolute atomic E-state index is 0.366. The number of tetrazole rings is 1. The molecule has 0 aliphatic carbocycles. The van der Waals surface area contributed by atoms with E-state index in [9.17, 15) is 0 Å². The lowest BCUT2D eigenvalue weighted by Gasteiger charge is -2.27. The fraction of sp³-hybridized carbons (Fsp3) is 0.350. The number of benzene rings is 2. The lowest BCUT2D eigenvalue weighted by molar-refractivity contribution is 0.204. The van der Waals surface area contributed by atoms with Crippen LogP contribution in [-0.4, -0.2) is 38.2 Å². The Morgan fingerprint density at radius 2 is 1.89 bits per heavy atom. The van der Waals surface area contributed by atoms with Crippen LogP contribution in [0.3, 0.4) is 0 Å². The van der Waals surface area contributed by atoms with Gasteiger partial charge < -0.3 is 4.74 Å². The van der Waals surface area contributed by atoms with Crippen molar-refractivity contribution in [2.24, 2.45) is 0 Å². The molecule has 3 aromatic rings. The van der Waals surface area contributed by atoms with Crippen molar-refractivity contribution < 1.29 is 4.74 Å². The van der Waals surface area contributed by atoms with Gasteiger partial charge in [0, 0.05) is 29.7 Å². The summed E-state index contributed by atoms with van der Waals surface area (Å²) in [6, 6.07) is 14.4. The fourth-order valence-electron chi connectivity index (χ4n) is 2.90. The Labute approximate surface area is 164 Å². The maximum absolute atomic E-state index is 6.19. The van der Waals surface area contributed by atoms with Gasteiger partial charge in [-0.1, -0.05) is 29.8 Å². The highest BCUT2D eigenvalue weighted by Crippen LogP contribution is 2.26. The average Bonchev–Trinajstić information content (AvgIpc) is 3.18. The Kier molecular flexibility index (Phi) is 6.42. The molecular weight excluding hydrogens is 362 g/mol. The first-order valence-corrected chi connectivity index (χ1v) is 9.42. The molecule has 1 heterocycles. The van der Waals surface area contributed by atoms with E-state index in [2.05, 4.69) is 51.5 Å². The molecule has 7 heteroatoms. The van der Waals surface area contributed by atoms with Gasteiger partial charge in [-0.15, -0.1) is 10.2 Å². The summed E-state index contributed by atoms with van der Waals surface area (Å²) in [6.45, 7) is 8.63. The normalized spacial score (nSPS) is 11.3. The summed E-state index contributed by atoms with van der Waals surface area (Å²) in [5, 5.41) is 15.1. The zero-order chi connectivity index (χ0) is 19.2. The predicted molar refractivity (Wildman–Crippen MR) is 107 cm³/mol. The molecule has 0 aliphatic heterocycles. The van der Waals surface area contributed by atoms with Crippen LogP contribution in [0.4, 0.5) is 0 Å². The number of nitrogens with zero attached hydrogens (tertiary/aromatic N) is 4. The molecule has 0 saturated carbocycles. The van der Waals surface area contributed by atoms with E-state index < -0.39 is 0 Å². The number of nitrogens with one attached hydrogen (secondary N) is 1. The van der Waals surface area contributed by atoms with Crippen LogP contribution in [0.25, 0.3) is 11.4 Å². The molecular formula is C20H24ClN5O. The van der Waals surface area contributed by atoms with E-state index in [1.807, 2.05) is 37.3 Å². The molecule has 1 N–H and O–H groups in total. The predicted octanol–water partition coefficient (Wildman–Crippen LogP) is 4.33. The Hall–Kier alpha value is -2.44. The minimum Gasteiger partial charge on any atom is -0.494 e. The first kappa shape index (κ1) is 19.3. The van der Waals surface area contributed by atoms with E-state index in [0.29, 0.717) is 23.5 Å². The molecule has 0 atom stereocenters. The number of hydrogen-bond donors (Lipinski definition) is 1. The third-order valence-electron chi connectivity index (χ3n) is 4.38. The SMILES string of the molecule is CCOc1ccc(CN(Cc2ccc(Cl)cc2-c2nn[nH]n2)C(C)C)cc1. The number of halogens is 1. The van der Waals surface area contributed by atoms with Crippen molar-refractivity contribution in [3.8, 4) is 17.1 Å². The Balaban J connectivity index is 1.81. The van der Waals surface area contributed by atoms with E-state index in [-0.39, 0.29) is 0 Å². The highest BCUT2D eigenvalue weighted by Gasteiger charge is 2.16. The second-order valence-electron chi connectivity index (χ2n) is 6.61. The summed E-state index contributed by atoms with van der Waals surface area (Å²) in [5.74, 6) is 1.45. The smallest absolute Gasteiger partial charge is 0.205 e. The van der Waals surface area contributed by atoms with Crippen LogP contribution in [0.2, 0.25) is 5.02 Å². The van der Waals surface area contributed by atoms with Crippen molar-refractivity contribution in [1.82, 2.24) is 25.5 Å². The molecule has 0 radical (unpaired) electrons. The van der Waals surface area contributed by atoms with Crippen LogP contribution in [0, 0.1) is 0 Å². The summed E-state index contributed by atoms with van der Waals surface area (Å²) >= 11 is 6.19. The molecule has 142 valence electrons. The number of aromatic amines is 1. The average molecular weight is 386 g/mol. The first-order chi connectivity index (χ1) is 13.1. The largest absolute Gasteiger partial charge is 0.494 e. The zero-order valence-electron chi connectivity index (χ0n) is 15.8. The molecule has 0 bridgehead atoms. The lowest BCUT2D eigenvalue weighted by atomic mass is 10.0. The van der Waals surface area contributed by atoms with Crippen molar-refractivity contribution in [2.75, 3.05) is 6.61 Å². The first-order valence-electron chi connectivity index (χ1n) is 9.05. The molecule has 0 spiro atoms. The molecule has 6 nitrogen and oxygen atoms in total. The summed E-state index contributed by atoms with van der Waals surface area (Å²) < 4.78 is 5.53. The summed E-state index contributed by atoms with van der Waals surface area (Å²) in [5.41, 5.74) is 3.25. The van der Waals surface area contributed by atoms with E-state index in [1.165, 1.54) is 5.56 Å². The van der Waals surface area contributed by atoms with Crippen LogP contribution < -0.4 is 4.74 Å². The molecule has 1 aromatic heterocycles. The standard InChI is InChI=1S/C20H24ClN5O/c1-4-27-18-9-5-15(6-10-18)12-26(14(2)3)13-16-7-8-17(21)11-19(16)20-22-24-25-23-20/h5-11,14H,4,12-13H2,1-3H3,(H,22,23,24,25). The number of aromatic nitrogens is 4. The summed E-state index contributed by atoms with van der Waals surface area (Å²) in [6.07, 6.45) is 0. The molecule has 2 aromatic carbocycles. The van der Waals surface area contributed by atoms with E-state index >= 15 is 0 Å². The van der Waals surface area contributed by atoms with Crippen molar-refractivity contribution >= 4 is 11.6 Å². The maximum atomic E-state index is 6.19. The Bertz CT molecular complexity index is 849. The van der Waals surface area contributed by atoms with Crippen LogP contribution in [0.15, 0.2) is 42.5 Å². The van der Waals surface area contributed by atoms with E-state index in [0.717, 1.165) is 30.0 Å². The van der Waals surface area contributed by atoms with Gasteiger partial charge in [-0.2, -0.15) is 5.21 Å². The van der Waals surface area contributed by atoms with E-state index in [1.54, 1.807) is 0 Å².